The van der Waals surface area contributed by atoms with E-state index >= 15 is 0 Å². The first-order valence-corrected chi connectivity index (χ1v) is 8.78. The van der Waals surface area contributed by atoms with Crippen LogP contribution < -0.4 is 4.74 Å². The molecule has 136 valence electrons. The van der Waals surface area contributed by atoms with E-state index in [1.54, 1.807) is 36.2 Å². The smallest absolute Gasteiger partial charge is 0.237 e. The number of benzene rings is 1. The molecular formula is C20H17ClN4O2. The Morgan fingerprint density at radius 1 is 1.00 bits per heavy atom. The van der Waals surface area contributed by atoms with E-state index in [2.05, 4.69) is 39.3 Å². The topological polar surface area (TPSA) is 61.5 Å². The second kappa shape index (κ2) is 7.73. The van der Waals surface area contributed by atoms with Gasteiger partial charge in [-0.3, -0.25) is 4.98 Å². The van der Waals surface area contributed by atoms with E-state index in [9.17, 15) is 0 Å². The summed E-state index contributed by atoms with van der Waals surface area (Å²) in [6.07, 6.45) is 5.69. The van der Waals surface area contributed by atoms with Crippen LogP contribution in [0.3, 0.4) is 0 Å². The maximum atomic E-state index is 5.95. The van der Waals surface area contributed by atoms with Crippen molar-refractivity contribution < 1.29 is 9.47 Å². The summed E-state index contributed by atoms with van der Waals surface area (Å²) in [5.74, 6) is 0.978. The molecule has 0 amide bonds. The SMILES string of the molecule is COCc1ccc(Cc2cnc3ccc(Oc4cncc(Cl)c4)nn23)cc1. The first kappa shape index (κ1) is 17.5. The molecule has 3 aromatic heterocycles. The number of pyridine rings is 1. The minimum Gasteiger partial charge on any atom is -0.436 e. The summed E-state index contributed by atoms with van der Waals surface area (Å²) in [6.45, 7) is 0.608. The number of halogens is 1. The van der Waals surface area contributed by atoms with E-state index in [-0.39, 0.29) is 0 Å². The Balaban J connectivity index is 1.58. The Morgan fingerprint density at radius 3 is 2.59 bits per heavy atom. The third-order valence-corrected chi connectivity index (χ3v) is 4.24. The standard InChI is InChI=1S/C20H17ClN4O2/c1-26-13-15-4-2-14(3-5-15)8-17-11-23-19-6-7-20(24-25(17)19)27-18-9-16(21)10-22-12-18/h2-7,9-12H,8,13H2,1H3. The minimum absolute atomic E-state index is 0.446. The Hall–Kier alpha value is -2.96. The summed E-state index contributed by atoms with van der Waals surface area (Å²) in [5.41, 5.74) is 4.05. The summed E-state index contributed by atoms with van der Waals surface area (Å²) >= 11 is 5.95. The van der Waals surface area contributed by atoms with Crippen LogP contribution in [0.25, 0.3) is 5.65 Å². The Morgan fingerprint density at radius 2 is 1.81 bits per heavy atom. The lowest BCUT2D eigenvalue weighted by Gasteiger charge is -2.07. The van der Waals surface area contributed by atoms with Crippen LogP contribution in [0.1, 0.15) is 16.8 Å². The van der Waals surface area contributed by atoms with Gasteiger partial charge in [-0.15, -0.1) is 5.10 Å². The highest BCUT2D eigenvalue weighted by molar-refractivity contribution is 6.30. The van der Waals surface area contributed by atoms with Gasteiger partial charge >= 0.3 is 0 Å². The summed E-state index contributed by atoms with van der Waals surface area (Å²) in [7, 11) is 1.69. The molecule has 0 fully saturated rings. The maximum Gasteiger partial charge on any atom is 0.237 e. The number of rotatable bonds is 6. The molecule has 0 aliphatic carbocycles. The molecule has 0 saturated heterocycles. The summed E-state index contributed by atoms with van der Waals surface area (Å²) < 4.78 is 12.7. The Labute approximate surface area is 161 Å². The summed E-state index contributed by atoms with van der Waals surface area (Å²) in [5, 5.41) is 5.05. The fourth-order valence-electron chi connectivity index (χ4n) is 2.78. The van der Waals surface area contributed by atoms with Gasteiger partial charge in [0.25, 0.3) is 0 Å². The van der Waals surface area contributed by atoms with E-state index in [1.165, 1.54) is 5.56 Å². The van der Waals surface area contributed by atoms with Gasteiger partial charge in [-0.25, -0.2) is 9.50 Å². The molecule has 0 N–H and O–H groups in total. The number of fused-ring (bicyclic) bond motifs is 1. The van der Waals surface area contributed by atoms with Gasteiger partial charge in [0.05, 0.1) is 29.7 Å². The van der Waals surface area contributed by atoms with Gasteiger partial charge in [0.2, 0.25) is 5.88 Å². The van der Waals surface area contributed by atoms with Crippen molar-refractivity contribution in [1.82, 2.24) is 19.6 Å². The van der Waals surface area contributed by atoms with Crippen LogP contribution in [0.5, 0.6) is 11.6 Å². The highest BCUT2D eigenvalue weighted by Gasteiger charge is 2.08. The maximum absolute atomic E-state index is 5.95. The van der Waals surface area contributed by atoms with Gasteiger partial charge in [-0.05, 0) is 17.2 Å². The number of aromatic nitrogens is 4. The van der Waals surface area contributed by atoms with E-state index < -0.39 is 0 Å². The molecule has 0 radical (unpaired) electrons. The van der Waals surface area contributed by atoms with Gasteiger partial charge < -0.3 is 9.47 Å². The molecule has 0 spiro atoms. The van der Waals surface area contributed by atoms with Crippen LogP contribution in [0.15, 0.2) is 61.1 Å². The van der Waals surface area contributed by atoms with Crippen LogP contribution in [0.4, 0.5) is 0 Å². The third-order valence-electron chi connectivity index (χ3n) is 4.03. The number of hydrogen-bond acceptors (Lipinski definition) is 5. The van der Waals surface area contributed by atoms with E-state index in [0.29, 0.717) is 29.7 Å². The van der Waals surface area contributed by atoms with Crippen molar-refractivity contribution in [1.29, 1.82) is 0 Å². The molecule has 3 heterocycles. The first-order valence-electron chi connectivity index (χ1n) is 8.40. The molecule has 6 nitrogen and oxygen atoms in total. The van der Waals surface area contributed by atoms with Gasteiger partial charge in [0, 0.05) is 31.9 Å². The normalized spacial score (nSPS) is 11.0. The predicted octanol–water partition coefficient (Wildman–Crippen LogP) is 4.31. The fourth-order valence-corrected chi connectivity index (χ4v) is 2.94. The average molecular weight is 381 g/mol. The number of nitrogens with zero attached hydrogens (tertiary/aromatic N) is 4. The number of imidazole rings is 1. The van der Waals surface area contributed by atoms with Crippen LogP contribution in [-0.4, -0.2) is 26.7 Å². The first-order chi connectivity index (χ1) is 13.2. The zero-order chi connectivity index (χ0) is 18.6. The molecule has 4 aromatic rings. The lowest BCUT2D eigenvalue weighted by Crippen LogP contribution is -2.01. The molecule has 27 heavy (non-hydrogen) atoms. The van der Waals surface area contributed by atoms with Crippen molar-refractivity contribution in [3.05, 3.63) is 82.9 Å². The third kappa shape index (κ3) is 4.07. The number of hydrogen-bond donors (Lipinski definition) is 0. The van der Waals surface area contributed by atoms with Gasteiger partial charge in [-0.2, -0.15) is 0 Å². The van der Waals surface area contributed by atoms with Crippen molar-refractivity contribution in [3.8, 4) is 11.6 Å². The molecule has 0 aliphatic rings. The zero-order valence-corrected chi connectivity index (χ0v) is 15.4. The van der Waals surface area contributed by atoms with Crippen molar-refractivity contribution in [3.63, 3.8) is 0 Å². The lowest BCUT2D eigenvalue weighted by atomic mass is 10.1. The summed E-state index contributed by atoms with van der Waals surface area (Å²) in [4.78, 5) is 8.43. The highest BCUT2D eigenvalue weighted by Crippen LogP contribution is 2.22. The molecule has 7 heteroatoms. The van der Waals surface area contributed by atoms with Crippen LogP contribution in [-0.2, 0) is 17.8 Å². The number of methoxy groups -OCH3 is 1. The second-order valence-electron chi connectivity index (χ2n) is 6.06. The van der Waals surface area contributed by atoms with Crippen molar-refractivity contribution >= 4 is 17.2 Å². The average Bonchev–Trinajstić information content (AvgIpc) is 3.06. The van der Waals surface area contributed by atoms with Gasteiger partial charge in [0.1, 0.15) is 5.75 Å². The molecule has 0 saturated carbocycles. The lowest BCUT2D eigenvalue weighted by molar-refractivity contribution is 0.185. The molecule has 0 bridgehead atoms. The Kier molecular flexibility index (Phi) is 5.00. The van der Waals surface area contributed by atoms with Crippen LogP contribution in [0, 0.1) is 0 Å². The molecule has 1 aromatic carbocycles. The van der Waals surface area contributed by atoms with Gasteiger partial charge in [0.15, 0.2) is 5.65 Å². The molecule has 0 aliphatic heterocycles. The van der Waals surface area contributed by atoms with Crippen molar-refractivity contribution in [2.45, 2.75) is 13.0 Å². The van der Waals surface area contributed by atoms with Crippen LogP contribution in [0.2, 0.25) is 5.02 Å². The second-order valence-corrected chi connectivity index (χ2v) is 6.49. The zero-order valence-electron chi connectivity index (χ0n) is 14.7. The number of ether oxygens (including phenoxy) is 2. The molecule has 4 rings (SSSR count). The fraction of sp³-hybridized carbons (Fsp3) is 0.150. The Bertz CT molecular complexity index is 1060. The molecule has 0 unspecified atom stereocenters. The summed E-state index contributed by atoms with van der Waals surface area (Å²) in [6, 6.07) is 13.6. The predicted molar refractivity (Wildman–Crippen MR) is 102 cm³/mol. The monoisotopic (exact) mass is 380 g/mol. The largest absolute Gasteiger partial charge is 0.436 e. The van der Waals surface area contributed by atoms with E-state index in [0.717, 1.165) is 16.9 Å². The van der Waals surface area contributed by atoms with Crippen molar-refractivity contribution in [2.24, 2.45) is 0 Å². The highest BCUT2D eigenvalue weighted by atomic mass is 35.5. The van der Waals surface area contributed by atoms with Gasteiger partial charge in [-0.1, -0.05) is 35.9 Å². The van der Waals surface area contributed by atoms with Crippen LogP contribution >= 0.6 is 11.6 Å². The quantitative estimate of drug-likeness (QED) is 0.499. The van der Waals surface area contributed by atoms with Crippen molar-refractivity contribution in [2.75, 3.05) is 7.11 Å². The minimum atomic E-state index is 0.446. The van der Waals surface area contributed by atoms with E-state index in [4.69, 9.17) is 21.1 Å². The van der Waals surface area contributed by atoms with E-state index in [1.807, 2.05) is 12.3 Å². The molecular weight excluding hydrogens is 364 g/mol. The molecule has 0 atom stereocenters.